The molecule has 1 amide bonds. The lowest BCUT2D eigenvalue weighted by Crippen LogP contribution is -2.44. The second kappa shape index (κ2) is 10.9. The summed E-state index contributed by atoms with van der Waals surface area (Å²) in [6.07, 6.45) is 0.852. The van der Waals surface area contributed by atoms with Gasteiger partial charge in [-0.15, -0.1) is 0 Å². The number of sulfonamides is 1. The summed E-state index contributed by atoms with van der Waals surface area (Å²) >= 11 is 0. The number of rotatable bonds is 11. The topological polar surface area (TPSA) is 99.8 Å². The molecule has 1 fully saturated rings. The highest BCUT2D eigenvalue weighted by Gasteiger charge is 2.13. The molecule has 3 N–H and O–H groups in total. The smallest absolute Gasteiger partial charge is 0.235 e. The molecule has 23 heavy (non-hydrogen) atoms. The average molecular weight is 350 g/mol. The quantitative estimate of drug-likeness (QED) is 0.402. The minimum atomic E-state index is -3.47. The van der Waals surface area contributed by atoms with Crippen LogP contribution in [0.1, 0.15) is 20.3 Å². The Hall–Kier alpha value is -0.740. The highest BCUT2D eigenvalue weighted by atomic mass is 32.2. The normalized spacial score (nSPS) is 16.7. The first-order valence-corrected chi connectivity index (χ1v) is 9.83. The van der Waals surface area contributed by atoms with Gasteiger partial charge in [-0.3, -0.25) is 4.79 Å². The maximum atomic E-state index is 11.7. The van der Waals surface area contributed by atoms with Gasteiger partial charge >= 0.3 is 0 Å². The zero-order chi connectivity index (χ0) is 17.1. The van der Waals surface area contributed by atoms with E-state index >= 15 is 0 Å². The van der Waals surface area contributed by atoms with Gasteiger partial charge < -0.3 is 20.3 Å². The maximum Gasteiger partial charge on any atom is 0.235 e. The highest BCUT2D eigenvalue weighted by Crippen LogP contribution is 1.93. The van der Waals surface area contributed by atoms with E-state index in [2.05, 4.69) is 20.3 Å². The van der Waals surface area contributed by atoms with Gasteiger partial charge in [-0.05, 0) is 26.8 Å². The molecule has 1 rings (SSSR count). The van der Waals surface area contributed by atoms with Crippen molar-refractivity contribution in [2.75, 3.05) is 58.2 Å². The third-order valence-electron chi connectivity index (χ3n) is 3.44. The van der Waals surface area contributed by atoms with Crippen LogP contribution in [0.3, 0.4) is 0 Å². The van der Waals surface area contributed by atoms with Gasteiger partial charge in [0.1, 0.15) is 0 Å². The Morgan fingerprint density at radius 2 is 2.00 bits per heavy atom. The van der Waals surface area contributed by atoms with E-state index in [9.17, 15) is 13.2 Å². The molecule has 0 aromatic rings. The zero-order valence-corrected chi connectivity index (χ0v) is 15.0. The van der Waals surface area contributed by atoms with Gasteiger partial charge in [-0.1, -0.05) is 0 Å². The molecule has 0 saturated carbocycles. The molecule has 0 unspecified atom stereocenters. The Morgan fingerprint density at radius 3 is 2.65 bits per heavy atom. The minimum absolute atomic E-state index is 0.0100. The second-order valence-electron chi connectivity index (χ2n) is 5.85. The largest absolute Gasteiger partial charge is 0.378 e. The first kappa shape index (κ1) is 20.3. The van der Waals surface area contributed by atoms with Crippen LogP contribution in [0.4, 0.5) is 0 Å². The van der Waals surface area contributed by atoms with Gasteiger partial charge in [0.05, 0.1) is 25.0 Å². The van der Waals surface area contributed by atoms with E-state index in [1.165, 1.54) is 0 Å². The number of hydrogen-bond donors (Lipinski definition) is 3. The third kappa shape index (κ3) is 10.6. The minimum Gasteiger partial charge on any atom is -0.378 e. The number of carbonyl (C=O) groups excluding carboxylic acids is 1. The van der Waals surface area contributed by atoms with Crippen LogP contribution in [0, 0.1) is 0 Å². The van der Waals surface area contributed by atoms with Gasteiger partial charge in [0, 0.05) is 32.7 Å². The highest BCUT2D eigenvalue weighted by molar-refractivity contribution is 7.89. The summed E-state index contributed by atoms with van der Waals surface area (Å²) < 4.78 is 30.8. The van der Waals surface area contributed by atoms with Crippen LogP contribution in [0.25, 0.3) is 0 Å². The Bertz CT molecular complexity index is 436. The van der Waals surface area contributed by atoms with Crippen LogP contribution < -0.4 is 15.4 Å². The molecule has 1 heterocycles. The van der Waals surface area contributed by atoms with Gasteiger partial charge in [0.25, 0.3) is 0 Å². The number of carbonyl (C=O) groups is 1. The van der Waals surface area contributed by atoms with Crippen LogP contribution >= 0.6 is 0 Å². The lowest BCUT2D eigenvalue weighted by molar-refractivity contribution is -0.119. The van der Waals surface area contributed by atoms with Crippen molar-refractivity contribution in [3.63, 3.8) is 0 Å². The van der Waals surface area contributed by atoms with Gasteiger partial charge in [-0.25, -0.2) is 13.1 Å². The lowest BCUT2D eigenvalue weighted by atomic mass is 10.3. The Kier molecular flexibility index (Phi) is 9.65. The molecule has 0 aromatic carbocycles. The summed E-state index contributed by atoms with van der Waals surface area (Å²) in [5.74, 6) is -0.444. The van der Waals surface area contributed by atoms with Crippen LogP contribution in [0.15, 0.2) is 0 Å². The van der Waals surface area contributed by atoms with E-state index in [4.69, 9.17) is 4.74 Å². The molecule has 8 nitrogen and oxygen atoms in total. The zero-order valence-electron chi connectivity index (χ0n) is 14.1. The number of piperazine rings is 1. The second-order valence-corrected chi connectivity index (χ2v) is 7.78. The van der Waals surface area contributed by atoms with Crippen LogP contribution in [-0.2, 0) is 19.6 Å². The number of hydrogen-bond acceptors (Lipinski definition) is 6. The van der Waals surface area contributed by atoms with Crippen molar-refractivity contribution in [1.82, 2.24) is 20.3 Å². The summed E-state index contributed by atoms with van der Waals surface area (Å²) in [5.41, 5.74) is 0. The van der Waals surface area contributed by atoms with E-state index in [1.54, 1.807) is 0 Å². The van der Waals surface area contributed by atoms with Crippen molar-refractivity contribution >= 4 is 15.9 Å². The van der Waals surface area contributed by atoms with E-state index < -0.39 is 10.0 Å². The van der Waals surface area contributed by atoms with Crippen LogP contribution in [0.2, 0.25) is 0 Å². The van der Waals surface area contributed by atoms with E-state index in [0.717, 1.165) is 39.1 Å². The molecule has 1 aliphatic rings. The van der Waals surface area contributed by atoms with Crippen LogP contribution in [-0.4, -0.2) is 83.5 Å². The van der Waals surface area contributed by atoms with Crippen LogP contribution in [0.5, 0.6) is 0 Å². The van der Waals surface area contributed by atoms with Crippen molar-refractivity contribution < 1.29 is 17.9 Å². The predicted octanol–water partition coefficient (Wildman–Crippen LogP) is -1.26. The van der Waals surface area contributed by atoms with Crippen molar-refractivity contribution in [3.05, 3.63) is 0 Å². The fraction of sp³-hybridized carbons (Fsp3) is 0.929. The molecule has 0 atom stereocenters. The van der Waals surface area contributed by atoms with E-state index in [1.807, 2.05) is 13.8 Å². The average Bonchev–Trinajstić information content (AvgIpc) is 2.50. The number of nitrogens with one attached hydrogen (secondary N) is 3. The van der Waals surface area contributed by atoms with Crippen molar-refractivity contribution in [3.8, 4) is 0 Å². The first-order valence-electron chi connectivity index (χ1n) is 8.18. The molecule has 0 spiro atoms. The molecular formula is C14H30N4O4S. The summed E-state index contributed by atoms with van der Waals surface area (Å²) in [5, 5.41) is 6.02. The first-order chi connectivity index (χ1) is 10.9. The monoisotopic (exact) mass is 350 g/mol. The summed E-state index contributed by atoms with van der Waals surface area (Å²) in [6.45, 7) is 9.17. The summed E-state index contributed by atoms with van der Waals surface area (Å²) in [4.78, 5) is 14.0. The molecule has 0 bridgehead atoms. The summed E-state index contributed by atoms with van der Waals surface area (Å²) in [7, 11) is -3.47. The molecule has 0 aliphatic carbocycles. The molecule has 0 aromatic heterocycles. The predicted molar refractivity (Wildman–Crippen MR) is 89.8 cm³/mol. The maximum absolute atomic E-state index is 11.7. The fourth-order valence-corrected chi connectivity index (χ4v) is 2.98. The Labute approximate surface area is 139 Å². The van der Waals surface area contributed by atoms with Crippen molar-refractivity contribution in [2.45, 2.75) is 26.4 Å². The standard InChI is InChI=1S/C14H30N4O4S/c1-13(2)22-10-11-23(20,21)17-12-14(19)16-4-3-7-18-8-5-15-6-9-18/h13,15,17H,3-12H2,1-2H3,(H,16,19). The SMILES string of the molecule is CC(C)OCCS(=O)(=O)NCC(=O)NCCCN1CCNCC1. The molecular weight excluding hydrogens is 320 g/mol. The lowest BCUT2D eigenvalue weighted by Gasteiger charge is -2.27. The molecule has 9 heteroatoms. The molecule has 136 valence electrons. The molecule has 0 radical (unpaired) electrons. The number of nitrogens with zero attached hydrogens (tertiary/aromatic N) is 1. The van der Waals surface area contributed by atoms with E-state index in [-0.39, 0.29) is 30.9 Å². The van der Waals surface area contributed by atoms with Gasteiger partial charge in [-0.2, -0.15) is 0 Å². The van der Waals surface area contributed by atoms with Crippen molar-refractivity contribution in [2.24, 2.45) is 0 Å². The molecule has 1 saturated heterocycles. The third-order valence-corrected chi connectivity index (χ3v) is 4.73. The fourth-order valence-electron chi connectivity index (χ4n) is 2.17. The Balaban J connectivity index is 2.06. The number of ether oxygens (including phenoxy) is 1. The molecule has 1 aliphatic heterocycles. The van der Waals surface area contributed by atoms with E-state index in [0.29, 0.717) is 6.54 Å². The van der Waals surface area contributed by atoms with Gasteiger partial charge in [0.2, 0.25) is 15.9 Å². The van der Waals surface area contributed by atoms with Crippen molar-refractivity contribution in [1.29, 1.82) is 0 Å². The summed E-state index contributed by atoms with van der Waals surface area (Å²) in [6, 6.07) is 0. The van der Waals surface area contributed by atoms with Gasteiger partial charge in [0.15, 0.2) is 0 Å². The number of amides is 1. The Morgan fingerprint density at radius 1 is 1.30 bits per heavy atom.